The van der Waals surface area contributed by atoms with Crippen LogP contribution in [0.4, 0.5) is 11.4 Å². The molecule has 0 saturated carbocycles. The minimum Gasteiger partial charge on any atom is -0.370 e. The SMILES string of the molecule is Cc1nc(CC(=O)Nc2cc(C(N)=O)ccc2N2CCCC2)cs1. The third-order valence-corrected chi connectivity index (χ3v) is 4.83. The molecule has 0 atom stereocenters. The summed E-state index contributed by atoms with van der Waals surface area (Å²) in [5.74, 6) is -0.657. The number of benzene rings is 1. The van der Waals surface area contributed by atoms with Gasteiger partial charge in [-0.05, 0) is 38.0 Å². The van der Waals surface area contributed by atoms with E-state index >= 15 is 0 Å². The molecule has 0 radical (unpaired) electrons. The number of aryl methyl sites for hydroxylation is 1. The van der Waals surface area contributed by atoms with Gasteiger partial charge in [0.25, 0.3) is 0 Å². The highest BCUT2D eigenvalue weighted by Gasteiger charge is 2.18. The molecule has 0 spiro atoms. The first-order valence-electron chi connectivity index (χ1n) is 7.92. The summed E-state index contributed by atoms with van der Waals surface area (Å²) in [6.07, 6.45) is 2.47. The Morgan fingerprint density at radius 2 is 2.08 bits per heavy atom. The molecular weight excluding hydrogens is 324 g/mol. The number of nitrogens with two attached hydrogens (primary N) is 1. The van der Waals surface area contributed by atoms with Crippen molar-refractivity contribution in [3.8, 4) is 0 Å². The lowest BCUT2D eigenvalue weighted by Crippen LogP contribution is -2.23. The van der Waals surface area contributed by atoms with Gasteiger partial charge in [-0.25, -0.2) is 4.98 Å². The van der Waals surface area contributed by atoms with Gasteiger partial charge in [-0.1, -0.05) is 0 Å². The van der Waals surface area contributed by atoms with E-state index < -0.39 is 5.91 Å². The molecule has 3 N–H and O–H groups in total. The van der Waals surface area contributed by atoms with Crippen molar-refractivity contribution < 1.29 is 9.59 Å². The molecule has 1 aromatic heterocycles. The Morgan fingerprint density at radius 3 is 2.71 bits per heavy atom. The molecule has 0 aliphatic carbocycles. The molecule has 3 rings (SSSR count). The van der Waals surface area contributed by atoms with Gasteiger partial charge in [0.1, 0.15) is 0 Å². The van der Waals surface area contributed by atoms with Crippen LogP contribution >= 0.6 is 11.3 Å². The quantitative estimate of drug-likeness (QED) is 0.871. The van der Waals surface area contributed by atoms with Gasteiger partial charge in [0.2, 0.25) is 11.8 Å². The fraction of sp³-hybridized carbons (Fsp3) is 0.353. The highest BCUT2D eigenvalue weighted by molar-refractivity contribution is 7.09. The van der Waals surface area contributed by atoms with E-state index in [4.69, 9.17) is 5.73 Å². The van der Waals surface area contributed by atoms with E-state index in [9.17, 15) is 9.59 Å². The van der Waals surface area contributed by atoms with Gasteiger partial charge < -0.3 is 16.0 Å². The molecule has 6 nitrogen and oxygen atoms in total. The van der Waals surface area contributed by atoms with E-state index in [1.54, 1.807) is 12.1 Å². The molecule has 1 saturated heterocycles. The Labute approximate surface area is 144 Å². The molecule has 1 aromatic carbocycles. The van der Waals surface area contributed by atoms with Crippen LogP contribution in [0.25, 0.3) is 0 Å². The first kappa shape index (κ1) is 16.4. The number of carbonyl (C=O) groups excluding carboxylic acids is 2. The van der Waals surface area contributed by atoms with Crippen LogP contribution in [0, 0.1) is 6.92 Å². The molecule has 2 aromatic rings. The summed E-state index contributed by atoms with van der Waals surface area (Å²) in [6.45, 7) is 3.81. The predicted molar refractivity (Wildman–Crippen MR) is 95.6 cm³/mol. The van der Waals surface area contributed by atoms with Crippen LogP contribution in [-0.4, -0.2) is 29.9 Å². The summed E-state index contributed by atoms with van der Waals surface area (Å²) in [7, 11) is 0. The van der Waals surface area contributed by atoms with Crippen molar-refractivity contribution in [3.63, 3.8) is 0 Å². The van der Waals surface area contributed by atoms with Crippen molar-refractivity contribution in [3.05, 3.63) is 39.8 Å². The smallest absolute Gasteiger partial charge is 0.248 e. The monoisotopic (exact) mass is 344 g/mol. The van der Waals surface area contributed by atoms with Crippen molar-refractivity contribution in [2.45, 2.75) is 26.2 Å². The number of amides is 2. The average molecular weight is 344 g/mol. The third kappa shape index (κ3) is 3.73. The maximum atomic E-state index is 12.4. The summed E-state index contributed by atoms with van der Waals surface area (Å²) < 4.78 is 0. The number of thiazole rings is 1. The Bertz CT molecular complexity index is 766. The van der Waals surface area contributed by atoms with E-state index in [1.807, 2.05) is 18.4 Å². The lowest BCUT2D eigenvalue weighted by atomic mass is 10.1. The number of primary amides is 1. The maximum Gasteiger partial charge on any atom is 0.248 e. The van der Waals surface area contributed by atoms with Crippen LogP contribution in [0.15, 0.2) is 23.6 Å². The molecule has 24 heavy (non-hydrogen) atoms. The van der Waals surface area contributed by atoms with E-state index in [0.29, 0.717) is 11.3 Å². The standard InChI is InChI=1S/C17H20N4O2S/c1-11-19-13(10-24-11)9-16(22)20-14-8-12(17(18)23)4-5-15(14)21-6-2-3-7-21/h4-5,8,10H,2-3,6-7,9H2,1H3,(H2,18,23)(H,20,22). The first-order chi connectivity index (χ1) is 11.5. The summed E-state index contributed by atoms with van der Waals surface area (Å²) >= 11 is 1.52. The Kier molecular flexibility index (Phi) is 4.80. The number of aromatic nitrogens is 1. The van der Waals surface area contributed by atoms with Gasteiger partial charge in [-0.2, -0.15) is 0 Å². The lowest BCUT2D eigenvalue weighted by molar-refractivity contribution is -0.115. The van der Waals surface area contributed by atoms with Crippen LogP contribution in [0.2, 0.25) is 0 Å². The summed E-state index contributed by atoms with van der Waals surface area (Å²) in [4.78, 5) is 30.3. The van der Waals surface area contributed by atoms with Crippen LogP contribution in [0.3, 0.4) is 0 Å². The van der Waals surface area contributed by atoms with Crippen molar-refractivity contribution in [2.24, 2.45) is 5.73 Å². The maximum absolute atomic E-state index is 12.4. The molecule has 0 unspecified atom stereocenters. The van der Waals surface area contributed by atoms with Gasteiger partial charge in [0.15, 0.2) is 0 Å². The second-order valence-corrected chi connectivity index (χ2v) is 6.94. The van der Waals surface area contributed by atoms with E-state index in [2.05, 4.69) is 15.2 Å². The van der Waals surface area contributed by atoms with E-state index in [-0.39, 0.29) is 12.3 Å². The number of nitrogens with one attached hydrogen (secondary N) is 1. The average Bonchev–Trinajstić information content (AvgIpc) is 3.19. The van der Waals surface area contributed by atoms with Crippen LogP contribution in [0.1, 0.15) is 33.9 Å². The highest BCUT2D eigenvalue weighted by atomic mass is 32.1. The molecular formula is C17H20N4O2S. The summed E-state index contributed by atoms with van der Waals surface area (Å²) in [5.41, 5.74) is 8.07. The Morgan fingerprint density at radius 1 is 1.33 bits per heavy atom. The van der Waals surface area contributed by atoms with E-state index in [0.717, 1.165) is 42.3 Å². The summed E-state index contributed by atoms with van der Waals surface area (Å²) in [6, 6.07) is 5.21. The van der Waals surface area contributed by atoms with E-state index in [1.165, 1.54) is 11.3 Å². The van der Waals surface area contributed by atoms with Crippen LogP contribution in [-0.2, 0) is 11.2 Å². The number of rotatable bonds is 5. The molecule has 126 valence electrons. The van der Waals surface area contributed by atoms with Crippen molar-refractivity contribution in [2.75, 3.05) is 23.3 Å². The predicted octanol–water partition coefficient (Wildman–Crippen LogP) is 2.33. The fourth-order valence-corrected chi connectivity index (χ4v) is 3.48. The van der Waals surface area contributed by atoms with Crippen molar-refractivity contribution in [1.82, 2.24) is 4.98 Å². The zero-order chi connectivity index (χ0) is 17.1. The second-order valence-electron chi connectivity index (χ2n) is 5.87. The molecule has 2 amide bonds. The highest BCUT2D eigenvalue weighted by Crippen LogP contribution is 2.30. The number of nitrogens with zero attached hydrogens (tertiary/aromatic N) is 2. The van der Waals surface area contributed by atoms with Gasteiger partial charge >= 0.3 is 0 Å². The largest absolute Gasteiger partial charge is 0.370 e. The lowest BCUT2D eigenvalue weighted by Gasteiger charge is -2.22. The van der Waals surface area contributed by atoms with Crippen LogP contribution in [0.5, 0.6) is 0 Å². The number of hydrogen-bond donors (Lipinski definition) is 2. The fourth-order valence-electron chi connectivity index (χ4n) is 2.87. The topological polar surface area (TPSA) is 88.3 Å². The summed E-state index contributed by atoms with van der Waals surface area (Å²) in [5, 5.41) is 5.74. The molecule has 1 aliphatic rings. The first-order valence-corrected chi connectivity index (χ1v) is 8.80. The van der Waals surface area contributed by atoms with Gasteiger partial charge in [0.05, 0.1) is 28.5 Å². The van der Waals surface area contributed by atoms with Gasteiger partial charge in [0, 0.05) is 24.0 Å². The number of anilines is 2. The molecule has 1 fully saturated rings. The second kappa shape index (κ2) is 7.00. The third-order valence-electron chi connectivity index (χ3n) is 4.01. The molecule has 0 bridgehead atoms. The normalized spacial score (nSPS) is 14.0. The minimum atomic E-state index is -0.506. The minimum absolute atomic E-state index is 0.151. The van der Waals surface area contributed by atoms with Crippen LogP contribution < -0.4 is 16.0 Å². The number of carbonyl (C=O) groups is 2. The van der Waals surface area contributed by atoms with Crippen molar-refractivity contribution in [1.29, 1.82) is 0 Å². The Balaban J connectivity index is 1.82. The van der Waals surface area contributed by atoms with Crippen molar-refractivity contribution >= 4 is 34.5 Å². The zero-order valence-corrected chi connectivity index (χ0v) is 14.4. The zero-order valence-electron chi connectivity index (χ0n) is 13.5. The molecule has 7 heteroatoms. The Hall–Kier alpha value is -2.41. The number of hydrogen-bond acceptors (Lipinski definition) is 5. The van der Waals surface area contributed by atoms with Gasteiger partial charge in [-0.3, -0.25) is 9.59 Å². The molecule has 1 aliphatic heterocycles. The molecule has 2 heterocycles. The van der Waals surface area contributed by atoms with Gasteiger partial charge in [-0.15, -0.1) is 11.3 Å².